The topological polar surface area (TPSA) is 59.0 Å². The third-order valence-electron chi connectivity index (χ3n) is 4.45. The average Bonchev–Trinajstić information content (AvgIpc) is 3.02. The molecule has 6 nitrogen and oxygen atoms in total. The number of hydrogen-bond acceptors (Lipinski definition) is 4. The van der Waals surface area contributed by atoms with Crippen molar-refractivity contribution in [1.29, 1.82) is 0 Å². The molecule has 25 heavy (non-hydrogen) atoms. The lowest BCUT2D eigenvalue weighted by atomic mass is 10.1. The summed E-state index contributed by atoms with van der Waals surface area (Å²) in [6, 6.07) is 0. The maximum Gasteiger partial charge on any atom is 0.194 e. The van der Waals surface area contributed by atoms with Crippen molar-refractivity contribution in [3.63, 3.8) is 0 Å². The van der Waals surface area contributed by atoms with Crippen LogP contribution in [0.15, 0.2) is 11.2 Å². The standard InChI is InChI=1S/C18H30N4O2.HI/c1-6-19-18(22-8-7-15(11-22)12-23-4)21-10-16-14(3)17(24-5)13(2)9-20-16;/h9,15H,6-8,10-12H2,1-5H3,(H,19,21);1H. The van der Waals surface area contributed by atoms with Gasteiger partial charge in [0.2, 0.25) is 0 Å². The summed E-state index contributed by atoms with van der Waals surface area (Å²) in [7, 11) is 3.47. The molecule has 1 saturated heterocycles. The highest BCUT2D eigenvalue weighted by Crippen LogP contribution is 2.24. The molecule has 1 aliphatic heterocycles. The first kappa shape index (κ1) is 22.0. The van der Waals surface area contributed by atoms with E-state index in [1.54, 1.807) is 14.2 Å². The van der Waals surface area contributed by atoms with Gasteiger partial charge in [-0.2, -0.15) is 0 Å². The second kappa shape index (κ2) is 10.8. The van der Waals surface area contributed by atoms with Gasteiger partial charge in [0.1, 0.15) is 5.75 Å². The van der Waals surface area contributed by atoms with E-state index in [0.717, 1.165) is 61.2 Å². The molecule has 0 saturated carbocycles. The molecule has 0 amide bonds. The molecule has 7 heteroatoms. The van der Waals surface area contributed by atoms with E-state index >= 15 is 0 Å². The molecule has 0 spiro atoms. The Hall–Kier alpha value is -1.09. The molecule has 1 N–H and O–H groups in total. The summed E-state index contributed by atoms with van der Waals surface area (Å²) in [5.74, 6) is 2.44. The number of likely N-dealkylation sites (tertiary alicyclic amines) is 1. The molecule has 1 aromatic heterocycles. The fourth-order valence-electron chi connectivity index (χ4n) is 3.20. The Morgan fingerprint density at radius 2 is 2.16 bits per heavy atom. The molecule has 142 valence electrons. The van der Waals surface area contributed by atoms with Crippen molar-refractivity contribution in [2.24, 2.45) is 10.9 Å². The van der Waals surface area contributed by atoms with E-state index in [-0.39, 0.29) is 24.0 Å². The Morgan fingerprint density at radius 1 is 1.40 bits per heavy atom. The van der Waals surface area contributed by atoms with Crippen LogP contribution < -0.4 is 10.1 Å². The van der Waals surface area contributed by atoms with Crippen LogP contribution in [0.5, 0.6) is 5.75 Å². The number of aryl methyl sites for hydroxylation is 1. The van der Waals surface area contributed by atoms with Crippen molar-refractivity contribution >= 4 is 29.9 Å². The van der Waals surface area contributed by atoms with Gasteiger partial charge in [-0.05, 0) is 27.2 Å². The summed E-state index contributed by atoms with van der Waals surface area (Å²) in [6.45, 7) is 10.4. The highest BCUT2D eigenvalue weighted by atomic mass is 127. The van der Waals surface area contributed by atoms with Gasteiger partial charge >= 0.3 is 0 Å². The van der Waals surface area contributed by atoms with Crippen LogP contribution in [0.4, 0.5) is 0 Å². The van der Waals surface area contributed by atoms with E-state index in [9.17, 15) is 0 Å². The number of halogens is 1. The lowest BCUT2D eigenvalue weighted by molar-refractivity contribution is 0.157. The molecule has 0 aromatic carbocycles. The summed E-state index contributed by atoms with van der Waals surface area (Å²) in [4.78, 5) is 11.6. The zero-order valence-corrected chi connectivity index (χ0v) is 18.3. The van der Waals surface area contributed by atoms with E-state index < -0.39 is 0 Å². The SMILES string of the molecule is CCNC(=NCc1ncc(C)c(OC)c1C)N1CCC(COC)C1.I. The second-order valence-electron chi connectivity index (χ2n) is 6.27. The summed E-state index contributed by atoms with van der Waals surface area (Å²) in [5, 5.41) is 3.39. The highest BCUT2D eigenvalue weighted by Gasteiger charge is 2.24. The zero-order chi connectivity index (χ0) is 17.5. The van der Waals surface area contributed by atoms with Crippen LogP contribution in [0.25, 0.3) is 0 Å². The number of ether oxygens (including phenoxy) is 2. The minimum atomic E-state index is 0. The molecule has 1 aromatic rings. The molecule has 2 rings (SSSR count). The quantitative estimate of drug-likeness (QED) is 0.401. The van der Waals surface area contributed by atoms with E-state index in [0.29, 0.717) is 12.5 Å². The largest absolute Gasteiger partial charge is 0.496 e. The number of aromatic nitrogens is 1. The third-order valence-corrected chi connectivity index (χ3v) is 4.45. The predicted molar refractivity (Wildman–Crippen MR) is 112 cm³/mol. The minimum Gasteiger partial charge on any atom is -0.496 e. The van der Waals surface area contributed by atoms with Crippen LogP contribution in [0.1, 0.15) is 30.2 Å². The van der Waals surface area contributed by atoms with Crippen LogP contribution in [0, 0.1) is 19.8 Å². The summed E-state index contributed by atoms with van der Waals surface area (Å²) >= 11 is 0. The smallest absolute Gasteiger partial charge is 0.194 e. The van der Waals surface area contributed by atoms with Crippen molar-refractivity contribution in [3.8, 4) is 5.75 Å². The predicted octanol–water partition coefficient (Wildman–Crippen LogP) is 2.76. The van der Waals surface area contributed by atoms with Crippen LogP contribution >= 0.6 is 24.0 Å². The first-order valence-corrected chi connectivity index (χ1v) is 8.61. The fourth-order valence-corrected chi connectivity index (χ4v) is 3.20. The first-order valence-electron chi connectivity index (χ1n) is 8.61. The summed E-state index contributed by atoms with van der Waals surface area (Å²) in [5.41, 5.74) is 3.08. The maximum atomic E-state index is 5.48. The normalized spacial score (nSPS) is 17.4. The lowest BCUT2D eigenvalue weighted by Crippen LogP contribution is -2.40. The number of aliphatic imine (C=N–C) groups is 1. The van der Waals surface area contributed by atoms with Gasteiger partial charge in [0.25, 0.3) is 0 Å². The van der Waals surface area contributed by atoms with Crippen molar-refractivity contribution in [1.82, 2.24) is 15.2 Å². The molecule has 0 bridgehead atoms. The number of nitrogens with zero attached hydrogens (tertiary/aromatic N) is 3. The van der Waals surface area contributed by atoms with Gasteiger partial charge in [0.15, 0.2) is 5.96 Å². The first-order chi connectivity index (χ1) is 11.6. The Bertz CT molecular complexity index is 580. The molecule has 1 atom stereocenters. The van der Waals surface area contributed by atoms with Gasteiger partial charge in [-0.15, -0.1) is 24.0 Å². The van der Waals surface area contributed by atoms with Gasteiger partial charge in [0, 0.05) is 50.0 Å². The van der Waals surface area contributed by atoms with E-state index in [1.807, 2.05) is 20.0 Å². The van der Waals surface area contributed by atoms with Gasteiger partial charge in [-0.25, -0.2) is 4.99 Å². The van der Waals surface area contributed by atoms with Crippen molar-refractivity contribution in [2.75, 3.05) is 40.5 Å². The molecule has 0 aliphatic carbocycles. The Balaban J connectivity index is 0.00000312. The highest BCUT2D eigenvalue weighted by molar-refractivity contribution is 14.0. The molecular formula is C18H31IN4O2. The Kier molecular flexibility index (Phi) is 9.48. The molecule has 1 unspecified atom stereocenters. The van der Waals surface area contributed by atoms with Gasteiger partial charge in [0.05, 0.1) is 26.0 Å². The van der Waals surface area contributed by atoms with Crippen LogP contribution in [0.3, 0.4) is 0 Å². The van der Waals surface area contributed by atoms with Crippen LogP contribution in [-0.4, -0.2) is 56.3 Å². The van der Waals surface area contributed by atoms with Gasteiger partial charge < -0.3 is 19.7 Å². The molecular weight excluding hydrogens is 431 g/mol. The molecule has 2 heterocycles. The second-order valence-corrected chi connectivity index (χ2v) is 6.27. The van der Waals surface area contributed by atoms with E-state index in [2.05, 4.69) is 22.1 Å². The Labute approximate surface area is 168 Å². The number of nitrogens with one attached hydrogen (secondary N) is 1. The number of guanidine groups is 1. The van der Waals surface area contributed by atoms with Crippen molar-refractivity contribution < 1.29 is 9.47 Å². The van der Waals surface area contributed by atoms with Crippen molar-refractivity contribution in [3.05, 3.63) is 23.0 Å². The molecule has 0 radical (unpaired) electrons. The summed E-state index contributed by atoms with van der Waals surface area (Å²) in [6.07, 6.45) is 3.00. The maximum absolute atomic E-state index is 5.48. The number of hydrogen-bond donors (Lipinski definition) is 1. The van der Waals surface area contributed by atoms with Gasteiger partial charge in [-0.1, -0.05) is 0 Å². The minimum absolute atomic E-state index is 0. The van der Waals surface area contributed by atoms with Gasteiger partial charge in [-0.3, -0.25) is 4.98 Å². The van der Waals surface area contributed by atoms with Crippen LogP contribution in [0.2, 0.25) is 0 Å². The zero-order valence-electron chi connectivity index (χ0n) is 16.0. The average molecular weight is 462 g/mol. The number of rotatable bonds is 6. The third kappa shape index (κ3) is 5.70. The molecule has 1 aliphatic rings. The van der Waals surface area contributed by atoms with E-state index in [1.165, 1.54) is 0 Å². The Morgan fingerprint density at radius 3 is 2.80 bits per heavy atom. The van der Waals surface area contributed by atoms with E-state index in [4.69, 9.17) is 14.5 Å². The summed E-state index contributed by atoms with van der Waals surface area (Å²) < 4.78 is 10.8. The molecule has 1 fully saturated rings. The van der Waals surface area contributed by atoms with Crippen LogP contribution in [-0.2, 0) is 11.3 Å². The number of methoxy groups -OCH3 is 2. The van der Waals surface area contributed by atoms with Crippen molar-refractivity contribution in [2.45, 2.75) is 33.7 Å². The number of pyridine rings is 1. The monoisotopic (exact) mass is 462 g/mol. The fraction of sp³-hybridized carbons (Fsp3) is 0.667. The lowest BCUT2D eigenvalue weighted by Gasteiger charge is -2.21.